The summed E-state index contributed by atoms with van der Waals surface area (Å²) in [6, 6.07) is 11.8. The van der Waals surface area contributed by atoms with Crippen LogP contribution in [0.3, 0.4) is 0 Å². The third-order valence-corrected chi connectivity index (χ3v) is 4.50. The highest BCUT2D eigenvalue weighted by Gasteiger charge is 2.29. The summed E-state index contributed by atoms with van der Waals surface area (Å²) in [7, 11) is 0. The molecular formula is C24H22N2O2. The SMILES string of the molecule is C#CCOc1ccc2c(c1C)O/C(=C/C(C)(C)C)c1nc3ccccc3nc1-2. The van der Waals surface area contributed by atoms with E-state index >= 15 is 0 Å². The lowest BCUT2D eigenvalue weighted by atomic mass is 9.93. The van der Waals surface area contributed by atoms with Crippen molar-refractivity contribution < 1.29 is 9.47 Å². The molecule has 0 N–H and O–H groups in total. The Kier molecular flexibility index (Phi) is 4.31. The van der Waals surface area contributed by atoms with Crippen molar-refractivity contribution in [2.45, 2.75) is 27.7 Å². The van der Waals surface area contributed by atoms with Crippen molar-refractivity contribution >= 4 is 16.8 Å². The zero-order valence-corrected chi connectivity index (χ0v) is 16.5. The van der Waals surface area contributed by atoms with Crippen molar-refractivity contribution in [1.29, 1.82) is 0 Å². The lowest BCUT2D eigenvalue weighted by Crippen LogP contribution is -2.13. The van der Waals surface area contributed by atoms with Gasteiger partial charge < -0.3 is 9.47 Å². The summed E-state index contributed by atoms with van der Waals surface area (Å²) in [5, 5.41) is 0. The van der Waals surface area contributed by atoms with E-state index in [0.717, 1.165) is 39.3 Å². The van der Waals surface area contributed by atoms with E-state index in [2.05, 4.69) is 32.8 Å². The molecule has 0 spiro atoms. The quantitative estimate of drug-likeness (QED) is 0.567. The molecule has 4 rings (SSSR count). The predicted octanol–water partition coefficient (Wildman–Crippen LogP) is 5.40. The standard InChI is InChI=1S/C24H22N2O2/c1-6-13-27-19-12-11-16-21-22(26-18-10-8-7-9-17(18)25-21)20(14-24(3,4)5)28-23(16)15(19)2/h1,7-12,14H,13H2,2-5H3/b20-14+. The monoisotopic (exact) mass is 370 g/mol. The fourth-order valence-electron chi connectivity index (χ4n) is 3.28. The summed E-state index contributed by atoms with van der Waals surface area (Å²) in [5.41, 5.74) is 5.01. The van der Waals surface area contributed by atoms with Crippen molar-refractivity contribution in [3.05, 3.63) is 53.7 Å². The Hall–Kier alpha value is -3.32. The van der Waals surface area contributed by atoms with Crippen LogP contribution in [0.25, 0.3) is 28.0 Å². The van der Waals surface area contributed by atoms with Crippen LogP contribution in [0.1, 0.15) is 32.0 Å². The molecule has 140 valence electrons. The Morgan fingerprint density at radius 3 is 2.39 bits per heavy atom. The summed E-state index contributed by atoms with van der Waals surface area (Å²) in [5.74, 6) is 4.67. The van der Waals surface area contributed by atoms with Gasteiger partial charge >= 0.3 is 0 Å². The number of aromatic nitrogens is 2. The number of nitrogens with zero attached hydrogens (tertiary/aromatic N) is 2. The summed E-state index contributed by atoms with van der Waals surface area (Å²) < 4.78 is 12.0. The molecule has 1 aliphatic rings. The second-order valence-corrected chi connectivity index (χ2v) is 7.94. The Morgan fingerprint density at radius 2 is 1.75 bits per heavy atom. The van der Waals surface area contributed by atoms with Crippen LogP contribution >= 0.6 is 0 Å². The molecule has 0 bridgehead atoms. The van der Waals surface area contributed by atoms with Gasteiger partial charge in [0.05, 0.1) is 11.0 Å². The van der Waals surface area contributed by atoms with Crippen molar-refractivity contribution in [2.75, 3.05) is 6.61 Å². The average Bonchev–Trinajstić information content (AvgIpc) is 2.65. The van der Waals surface area contributed by atoms with Gasteiger partial charge in [0.1, 0.15) is 29.5 Å². The minimum absolute atomic E-state index is 0.0804. The van der Waals surface area contributed by atoms with Crippen molar-refractivity contribution in [2.24, 2.45) is 5.41 Å². The number of hydrogen-bond donors (Lipinski definition) is 0. The van der Waals surface area contributed by atoms with E-state index in [4.69, 9.17) is 25.9 Å². The van der Waals surface area contributed by atoms with Crippen LogP contribution < -0.4 is 9.47 Å². The topological polar surface area (TPSA) is 44.2 Å². The van der Waals surface area contributed by atoms with Crippen molar-refractivity contribution in [3.63, 3.8) is 0 Å². The van der Waals surface area contributed by atoms with E-state index in [9.17, 15) is 0 Å². The third-order valence-electron chi connectivity index (χ3n) is 4.50. The van der Waals surface area contributed by atoms with Crippen LogP contribution in [0.15, 0.2) is 42.5 Å². The third kappa shape index (κ3) is 3.20. The Morgan fingerprint density at radius 1 is 1.07 bits per heavy atom. The first kappa shape index (κ1) is 18.1. The number of para-hydroxylation sites is 2. The number of benzene rings is 2. The molecule has 1 aromatic heterocycles. The maximum Gasteiger partial charge on any atom is 0.151 e. The van der Waals surface area contributed by atoms with E-state index < -0.39 is 0 Å². The zero-order chi connectivity index (χ0) is 19.9. The van der Waals surface area contributed by atoms with E-state index in [1.807, 2.05) is 43.3 Å². The average molecular weight is 370 g/mol. The molecule has 0 radical (unpaired) electrons. The second-order valence-electron chi connectivity index (χ2n) is 7.94. The maximum atomic E-state index is 6.36. The molecule has 3 aromatic rings. The van der Waals surface area contributed by atoms with Gasteiger partial charge in [-0.1, -0.05) is 38.8 Å². The normalized spacial score (nSPS) is 14.2. The van der Waals surface area contributed by atoms with E-state index in [1.54, 1.807) is 0 Å². The van der Waals surface area contributed by atoms with E-state index in [-0.39, 0.29) is 12.0 Å². The van der Waals surface area contributed by atoms with Crippen LogP contribution in [0.5, 0.6) is 11.5 Å². The molecule has 28 heavy (non-hydrogen) atoms. The molecular weight excluding hydrogens is 348 g/mol. The van der Waals surface area contributed by atoms with Crippen LogP contribution in [0.2, 0.25) is 0 Å². The van der Waals surface area contributed by atoms with Gasteiger partial charge in [-0.15, -0.1) is 6.42 Å². The van der Waals surface area contributed by atoms with Crippen LogP contribution in [-0.2, 0) is 0 Å². The van der Waals surface area contributed by atoms with Gasteiger partial charge in [0.25, 0.3) is 0 Å². The van der Waals surface area contributed by atoms with E-state index in [1.165, 1.54) is 0 Å². The number of fused-ring (bicyclic) bond motifs is 4. The maximum absolute atomic E-state index is 6.36. The molecule has 0 unspecified atom stereocenters. The largest absolute Gasteiger partial charge is 0.481 e. The number of rotatable bonds is 2. The molecule has 2 heterocycles. The van der Waals surface area contributed by atoms with Crippen LogP contribution in [0.4, 0.5) is 0 Å². The molecule has 4 nitrogen and oxygen atoms in total. The second kappa shape index (κ2) is 6.69. The Labute approximate surface area is 165 Å². The molecule has 1 aliphatic heterocycles. The molecule has 0 saturated carbocycles. The van der Waals surface area contributed by atoms with Gasteiger partial charge in [-0.25, -0.2) is 9.97 Å². The molecule has 0 saturated heterocycles. The molecule has 2 aromatic carbocycles. The molecule has 0 fully saturated rings. The highest BCUT2D eigenvalue weighted by Crippen LogP contribution is 2.46. The first-order valence-corrected chi connectivity index (χ1v) is 9.25. The van der Waals surface area contributed by atoms with Crippen LogP contribution in [0, 0.1) is 24.7 Å². The Bertz CT molecular complexity index is 1150. The lowest BCUT2D eigenvalue weighted by molar-refractivity contribution is 0.364. The van der Waals surface area contributed by atoms with E-state index in [0.29, 0.717) is 11.5 Å². The van der Waals surface area contributed by atoms with Crippen molar-refractivity contribution in [1.82, 2.24) is 9.97 Å². The van der Waals surface area contributed by atoms with Gasteiger partial charge in [-0.3, -0.25) is 0 Å². The highest BCUT2D eigenvalue weighted by atomic mass is 16.5. The molecule has 0 aliphatic carbocycles. The molecule has 0 atom stereocenters. The first-order chi connectivity index (χ1) is 13.4. The predicted molar refractivity (Wildman–Crippen MR) is 112 cm³/mol. The Balaban J connectivity index is 1.98. The highest BCUT2D eigenvalue weighted by molar-refractivity contribution is 5.89. The number of allylic oxidation sites excluding steroid dienone is 1. The summed E-state index contributed by atoms with van der Waals surface area (Å²) >= 11 is 0. The smallest absolute Gasteiger partial charge is 0.151 e. The first-order valence-electron chi connectivity index (χ1n) is 9.25. The van der Waals surface area contributed by atoms with Gasteiger partial charge in [0.2, 0.25) is 0 Å². The minimum Gasteiger partial charge on any atom is -0.481 e. The van der Waals surface area contributed by atoms with Gasteiger partial charge in [-0.2, -0.15) is 0 Å². The molecule has 4 heteroatoms. The number of terminal acetylenes is 1. The fraction of sp³-hybridized carbons (Fsp3) is 0.250. The minimum atomic E-state index is -0.0804. The van der Waals surface area contributed by atoms with Crippen LogP contribution in [-0.4, -0.2) is 16.6 Å². The van der Waals surface area contributed by atoms with Gasteiger partial charge in [0.15, 0.2) is 5.76 Å². The fourth-order valence-corrected chi connectivity index (χ4v) is 3.28. The van der Waals surface area contributed by atoms with Gasteiger partial charge in [-0.05, 0) is 42.7 Å². The number of hydrogen-bond acceptors (Lipinski definition) is 4. The summed E-state index contributed by atoms with van der Waals surface area (Å²) in [6.07, 6.45) is 7.43. The van der Waals surface area contributed by atoms with Gasteiger partial charge in [0, 0.05) is 11.1 Å². The van der Waals surface area contributed by atoms with Crippen molar-refractivity contribution in [3.8, 4) is 35.1 Å². The number of ether oxygens (including phenoxy) is 2. The summed E-state index contributed by atoms with van der Waals surface area (Å²) in [6.45, 7) is 8.58. The lowest BCUT2D eigenvalue weighted by Gasteiger charge is -2.26. The summed E-state index contributed by atoms with van der Waals surface area (Å²) in [4.78, 5) is 9.78. The zero-order valence-electron chi connectivity index (χ0n) is 16.5. The molecule has 0 amide bonds.